The van der Waals surface area contributed by atoms with Crippen LogP contribution in [0.15, 0.2) is 54.6 Å². The van der Waals surface area contributed by atoms with Crippen LogP contribution in [-0.4, -0.2) is 38.7 Å². The Labute approximate surface area is 296 Å². The number of nitro benzene ring substituents is 1. The second-order valence-electron chi connectivity index (χ2n) is 13.9. The number of para-hydroxylation sites is 1. The van der Waals surface area contributed by atoms with E-state index in [9.17, 15) is 59.8 Å². The molecule has 0 aliphatic rings. The van der Waals surface area contributed by atoms with Gasteiger partial charge in [0, 0.05) is 12.8 Å². The molecule has 2 unspecified atom stereocenters. The molecule has 0 saturated heterocycles. The molecule has 2 N–H and O–H groups in total. The number of nitrogens with zero attached hydrogens (tertiary/aromatic N) is 1. The van der Waals surface area contributed by atoms with Gasteiger partial charge in [-0.05, 0) is 96.2 Å². The van der Waals surface area contributed by atoms with E-state index < -0.39 is 93.7 Å². The molecule has 0 fully saturated rings. The molecule has 0 spiro atoms. The zero-order valence-electron chi connectivity index (χ0n) is 29.2. The van der Waals surface area contributed by atoms with E-state index in [1.807, 2.05) is 5.92 Å². The second kappa shape index (κ2) is 16.0. The molecule has 0 bridgehead atoms. The van der Waals surface area contributed by atoms with Crippen molar-refractivity contribution in [2.24, 2.45) is 0 Å². The van der Waals surface area contributed by atoms with Gasteiger partial charge in [-0.2, -0.15) is 30.7 Å². The summed E-state index contributed by atoms with van der Waals surface area (Å²) in [5.74, 6) is 3.81. The molecular formula is C38H38F9NO4. The van der Waals surface area contributed by atoms with Crippen molar-refractivity contribution in [1.29, 1.82) is 0 Å². The first-order valence-corrected chi connectivity index (χ1v) is 15.6. The third-order valence-electron chi connectivity index (χ3n) is 8.55. The normalized spacial score (nSPS) is 14.5. The van der Waals surface area contributed by atoms with Gasteiger partial charge in [0.2, 0.25) is 5.82 Å². The van der Waals surface area contributed by atoms with Crippen molar-refractivity contribution >= 4 is 5.69 Å². The van der Waals surface area contributed by atoms with E-state index >= 15 is 0 Å². The smallest absolute Gasteiger partial charge is 0.380 e. The third-order valence-corrected chi connectivity index (χ3v) is 8.55. The minimum atomic E-state index is -5.09. The van der Waals surface area contributed by atoms with Crippen molar-refractivity contribution in [3.63, 3.8) is 0 Å². The van der Waals surface area contributed by atoms with E-state index in [0.717, 1.165) is 24.3 Å². The van der Waals surface area contributed by atoms with Crippen LogP contribution in [-0.2, 0) is 10.8 Å². The Hall–Kier alpha value is -4.53. The topological polar surface area (TPSA) is 83.6 Å². The van der Waals surface area contributed by atoms with E-state index in [4.69, 9.17) is 6.42 Å². The Morgan fingerprint density at radius 3 is 1.54 bits per heavy atom. The maximum atomic E-state index is 13.8. The zero-order chi connectivity index (χ0) is 40.1. The minimum absolute atomic E-state index is 0.295. The summed E-state index contributed by atoms with van der Waals surface area (Å²) < 4.78 is 121. The van der Waals surface area contributed by atoms with Crippen LogP contribution in [0.2, 0.25) is 0 Å². The Kier molecular flexibility index (Phi) is 13.4. The van der Waals surface area contributed by atoms with Crippen molar-refractivity contribution < 1.29 is 54.7 Å². The molecule has 3 rings (SSSR count). The Morgan fingerprint density at radius 2 is 1.15 bits per heavy atom. The number of nitro groups is 1. The van der Waals surface area contributed by atoms with Crippen LogP contribution in [0.5, 0.6) is 0 Å². The summed E-state index contributed by atoms with van der Waals surface area (Å²) in [5.41, 5.74) is -8.10. The summed E-state index contributed by atoms with van der Waals surface area (Å²) in [6.45, 7) is 9.24. The molecule has 14 heteroatoms. The number of aryl methyl sites for hydroxylation is 2. The van der Waals surface area contributed by atoms with Gasteiger partial charge in [0.05, 0.1) is 4.92 Å². The highest BCUT2D eigenvalue weighted by atomic mass is 19.4. The lowest BCUT2D eigenvalue weighted by atomic mass is 9.72. The molecule has 5 nitrogen and oxygen atoms in total. The summed E-state index contributed by atoms with van der Waals surface area (Å²) in [6, 6.07) is 10.7. The predicted molar refractivity (Wildman–Crippen MR) is 178 cm³/mol. The first-order valence-electron chi connectivity index (χ1n) is 15.6. The largest absolute Gasteiger partial charge is 0.418 e. The molecule has 282 valence electrons. The molecule has 0 aliphatic heterocycles. The summed E-state index contributed by atoms with van der Waals surface area (Å²) in [6.07, 6.45) is -8.41. The van der Waals surface area contributed by atoms with E-state index in [1.54, 1.807) is 13.8 Å². The van der Waals surface area contributed by atoms with E-state index in [0.29, 0.717) is 22.3 Å². The number of rotatable bonds is 9. The number of alkyl halides is 6. The molecule has 2 atom stereocenters. The van der Waals surface area contributed by atoms with Gasteiger partial charge in [0.1, 0.15) is 17.2 Å². The summed E-state index contributed by atoms with van der Waals surface area (Å²) >= 11 is 0. The van der Waals surface area contributed by atoms with Crippen LogP contribution in [0.4, 0.5) is 45.2 Å². The fraction of sp³-hybridized carbons (Fsp3) is 0.421. The van der Waals surface area contributed by atoms with Gasteiger partial charge in [0.15, 0.2) is 11.2 Å². The third kappa shape index (κ3) is 10.5. The quantitative estimate of drug-likeness (QED) is 0.0990. The molecule has 0 radical (unpaired) electrons. The van der Waals surface area contributed by atoms with Crippen LogP contribution < -0.4 is 0 Å². The lowest BCUT2D eigenvalue weighted by molar-refractivity contribution is -0.387. The lowest BCUT2D eigenvalue weighted by Crippen LogP contribution is -2.49. The summed E-state index contributed by atoms with van der Waals surface area (Å²) in [4.78, 5) is 9.98. The Bertz CT molecular complexity index is 1870. The lowest BCUT2D eigenvalue weighted by Gasteiger charge is -2.37. The van der Waals surface area contributed by atoms with Gasteiger partial charge in [0.25, 0.3) is 0 Å². The van der Waals surface area contributed by atoms with Crippen LogP contribution >= 0.6 is 0 Å². The first-order chi connectivity index (χ1) is 23.6. The summed E-state index contributed by atoms with van der Waals surface area (Å²) in [5, 5.41) is 31.4. The predicted octanol–water partition coefficient (Wildman–Crippen LogP) is 9.70. The standard InChI is InChI=1S/C22H20F5NO3.C16H18F4O/c1-14-9-10-16(23)12-17(14)20(2,3)13-21(29,22(25,26)27)11-5-7-15-6-4-8-18(24)19(15)28(30)31;1-5-8-15(21,16(18,19)20)10-14(3,4)13-9-12(17)7-6-11(13)2/h4,6,8-10,12,29H,11,13H2,1-3H3;1,6-7,9,21H,8,10H2,2-4H3. The van der Waals surface area contributed by atoms with Crippen LogP contribution in [0.1, 0.15) is 81.2 Å². The fourth-order valence-corrected chi connectivity index (χ4v) is 6.08. The number of halogens is 9. The number of hydrogen-bond acceptors (Lipinski definition) is 4. The van der Waals surface area contributed by atoms with Gasteiger partial charge < -0.3 is 10.2 Å². The van der Waals surface area contributed by atoms with Gasteiger partial charge in [-0.1, -0.05) is 57.7 Å². The molecule has 0 aromatic heterocycles. The minimum Gasteiger partial charge on any atom is -0.380 e. The average molecular weight is 744 g/mol. The number of benzene rings is 3. The average Bonchev–Trinajstić information content (AvgIpc) is 2.98. The van der Waals surface area contributed by atoms with Crippen molar-refractivity contribution in [2.75, 3.05) is 0 Å². The maximum absolute atomic E-state index is 13.8. The highest BCUT2D eigenvalue weighted by Gasteiger charge is 2.56. The van der Waals surface area contributed by atoms with Crippen LogP contribution in [0.25, 0.3) is 0 Å². The van der Waals surface area contributed by atoms with Crippen molar-refractivity contribution in [3.8, 4) is 24.2 Å². The highest BCUT2D eigenvalue weighted by molar-refractivity contribution is 5.51. The maximum Gasteiger partial charge on any atom is 0.418 e. The van der Waals surface area contributed by atoms with Crippen molar-refractivity contribution in [2.45, 2.75) is 102 Å². The van der Waals surface area contributed by atoms with E-state index in [2.05, 4.69) is 11.8 Å². The summed E-state index contributed by atoms with van der Waals surface area (Å²) in [7, 11) is 0. The van der Waals surface area contributed by atoms with E-state index in [-0.39, 0.29) is 0 Å². The van der Waals surface area contributed by atoms with Crippen LogP contribution in [0.3, 0.4) is 0 Å². The molecule has 0 aliphatic carbocycles. The second-order valence-corrected chi connectivity index (χ2v) is 13.9. The number of aliphatic hydroxyl groups is 2. The SMILES string of the molecule is C#CCC(O)(CC(C)(C)c1cc(F)ccc1C)C(F)(F)F.Cc1ccc(F)cc1C(C)(C)CC(O)(CC#Cc1cccc(F)c1[N+](=O)[O-])C(F)(F)F. The van der Waals surface area contributed by atoms with E-state index in [1.165, 1.54) is 58.0 Å². The number of terminal acetylenes is 1. The number of hydrogen-bond donors (Lipinski definition) is 2. The molecule has 0 heterocycles. The molecule has 3 aromatic rings. The Morgan fingerprint density at radius 1 is 0.731 bits per heavy atom. The Balaban J connectivity index is 0.000000389. The monoisotopic (exact) mass is 743 g/mol. The van der Waals surface area contributed by atoms with Gasteiger partial charge in [-0.3, -0.25) is 10.1 Å². The fourth-order valence-electron chi connectivity index (χ4n) is 6.08. The van der Waals surface area contributed by atoms with Crippen molar-refractivity contribution in [3.05, 3.63) is 110 Å². The first kappa shape index (κ1) is 43.6. The van der Waals surface area contributed by atoms with Gasteiger partial charge >= 0.3 is 18.0 Å². The zero-order valence-corrected chi connectivity index (χ0v) is 29.2. The van der Waals surface area contributed by atoms with Crippen molar-refractivity contribution in [1.82, 2.24) is 0 Å². The molecule has 3 aromatic carbocycles. The van der Waals surface area contributed by atoms with Gasteiger partial charge in [-0.25, -0.2) is 8.78 Å². The molecular weight excluding hydrogens is 705 g/mol. The van der Waals surface area contributed by atoms with Crippen LogP contribution in [0, 0.1) is 65.6 Å². The molecule has 0 amide bonds. The molecule has 52 heavy (non-hydrogen) atoms. The van der Waals surface area contributed by atoms with Gasteiger partial charge in [-0.15, -0.1) is 12.3 Å². The highest BCUT2D eigenvalue weighted by Crippen LogP contribution is 2.45. The molecule has 0 saturated carbocycles.